The molecule has 0 spiro atoms. The highest BCUT2D eigenvalue weighted by molar-refractivity contribution is 7.99. The molecule has 0 saturated carbocycles. The Kier molecular flexibility index (Phi) is 6.92. The van der Waals surface area contributed by atoms with E-state index in [4.69, 9.17) is 0 Å². The van der Waals surface area contributed by atoms with E-state index in [2.05, 4.69) is 44.8 Å². The van der Waals surface area contributed by atoms with Gasteiger partial charge >= 0.3 is 0 Å². The number of guanidine groups is 1. The van der Waals surface area contributed by atoms with E-state index in [1.165, 1.54) is 23.3 Å². The SMILES string of the molecule is CN=C(NCc1ccc(N2CCSCC2)cc1)NCc1cc(F)ccc1F. The van der Waals surface area contributed by atoms with E-state index in [1.54, 1.807) is 7.05 Å². The molecule has 1 heterocycles. The number of benzene rings is 2. The van der Waals surface area contributed by atoms with Crippen molar-refractivity contribution in [3.05, 3.63) is 65.2 Å². The van der Waals surface area contributed by atoms with Gasteiger partial charge in [0, 0.05) is 56.0 Å². The van der Waals surface area contributed by atoms with Gasteiger partial charge in [-0.3, -0.25) is 4.99 Å². The molecule has 0 bridgehead atoms. The number of aliphatic imine (C=N–C) groups is 1. The normalized spacial score (nSPS) is 14.9. The quantitative estimate of drug-likeness (QED) is 0.607. The van der Waals surface area contributed by atoms with Crippen molar-refractivity contribution in [1.82, 2.24) is 10.6 Å². The van der Waals surface area contributed by atoms with Crippen LogP contribution in [0.2, 0.25) is 0 Å². The van der Waals surface area contributed by atoms with Crippen molar-refractivity contribution in [2.24, 2.45) is 4.99 Å². The molecule has 3 rings (SSSR count). The first-order valence-electron chi connectivity index (χ1n) is 8.96. The lowest BCUT2D eigenvalue weighted by Crippen LogP contribution is -2.36. The molecule has 2 aromatic rings. The summed E-state index contributed by atoms with van der Waals surface area (Å²) in [6, 6.07) is 11.9. The van der Waals surface area contributed by atoms with Crippen molar-refractivity contribution in [3.8, 4) is 0 Å². The number of hydrogen-bond donors (Lipinski definition) is 2. The first-order valence-corrected chi connectivity index (χ1v) is 10.1. The van der Waals surface area contributed by atoms with E-state index in [0.717, 1.165) is 30.8 Å². The van der Waals surface area contributed by atoms with E-state index in [0.29, 0.717) is 12.5 Å². The molecule has 2 aromatic carbocycles. The zero-order valence-corrected chi connectivity index (χ0v) is 16.2. The number of rotatable bonds is 5. The van der Waals surface area contributed by atoms with Crippen LogP contribution in [0.4, 0.5) is 14.5 Å². The Morgan fingerprint density at radius 1 is 1.04 bits per heavy atom. The van der Waals surface area contributed by atoms with Gasteiger partial charge in [0.1, 0.15) is 11.6 Å². The summed E-state index contributed by atoms with van der Waals surface area (Å²) in [5.41, 5.74) is 2.65. The Labute approximate surface area is 163 Å². The Bertz CT molecular complexity index is 774. The highest BCUT2D eigenvalue weighted by atomic mass is 32.2. The van der Waals surface area contributed by atoms with Crippen LogP contribution in [0.25, 0.3) is 0 Å². The zero-order chi connectivity index (χ0) is 19.1. The van der Waals surface area contributed by atoms with Gasteiger partial charge in [0.15, 0.2) is 5.96 Å². The zero-order valence-electron chi connectivity index (χ0n) is 15.3. The summed E-state index contributed by atoms with van der Waals surface area (Å²) in [5.74, 6) is 2.00. The summed E-state index contributed by atoms with van der Waals surface area (Å²) in [6.45, 7) is 2.95. The Morgan fingerprint density at radius 2 is 1.74 bits per heavy atom. The van der Waals surface area contributed by atoms with Crippen LogP contribution in [0, 0.1) is 11.6 Å². The van der Waals surface area contributed by atoms with Gasteiger partial charge in [0.2, 0.25) is 0 Å². The predicted octanol–water partition coefficient (Wildman–Crippen LogP) is 3.38. The highest BCUT2D eigenvalue weighted by Gasteiger charge is 2.11. The highest BCUT2D eigenvalue weighted by Crippen LogP contribution is 2.19. The van der Waals surface area contributed by atoms with Gasteiger partial charge in [0.25, 0.3) is 0 Å². The van der Waals surface area contributed by atoms with Crippen molar-refractivity contribution in [2.75, 3.05) is 36.5 Å². The third-order valence-corrected chi connectivity index (χ3v) is 5.39. The second-order valence-corrected chi connectivity index (χ2v) is 7.51. The lowest BCUT2D eigenvalue weighted by molar-refractivity contribution is 0.581. The molecular weight excluding hydrogens is 366 g/mol. The van der Waals surface area contributed by atoms with Gasteiger partial charge in [-0.2, -0.15) is 11.8 Å². The molecule has 0 aromatic heterocycles. The van der Waals surface area contributed by atoms with E-state index in [9.17, 15) is 8.78 Å². The minimum atomic E-state index is -0.455. The molecule has 4 nitrogen and oxygen atoms in total. The van der Waals surface area contributed by atoms with Crippen LogP contribution >= 0.6 is 11.8 Å². The van der Waals surface area contributed by atoms with Gasteiger partial charge in [-0.05, 0) is 35.9 Å². The average molecular weight is 391 g/mol. The summed E-state index contributed by atoms with van der Waals surface area (Å²) < 4.78 is 26.9. The minimum Gasteiger partial charge on any atom is -0.370 e. The number of halogens is 2. The van der Waals surface area contributed by atoms with Crippen LogP contribution in [0.5, 0.6) is 0 Å². The smallest absolute Gasteiger partial charge is 0.191 e. The van der Waals surface area contributed by atoms with Crippen molar-refractivity contribution in [1.29, 1.82) is 0 Å². The third-order valence-electron chi connectivity index (χ3n) is 4.45. The molecule has 0 atom stereocenters. The molecule has 7 heteroatoms. The first-order chi connectivity index (χ1) is 13.2. The number of thioether (sulfide) groups is 1. The fourth-order valence-corrected chi connectivity index (χ4v) is 3.81. The first kappa shape index (κ1) is 19.5. The van der Waals surface area contributed by atoms with Crippen LogP contribution in [-0.4, -0.2) is 37.6 Å². The van der Waals surface area contributed by atoms with Gasteiger partial charge < -0.3 is 15.5 Å². The molecule has 2 N–H and O–H groups in total. The second-order valence-electron chi connectivity index (χ2n) is 6.28. The van der Waals surface area contributed by atoms with Crippen LogP contribution in [0.1, 0.15) is 11.1 Å². The van der Waals surface area contributed by atoms with Gasteiger partial charge in [-0.15, -0.1) is 0 Å². The second kappa shape index (κ2) is 9.60. The average Bonchev–Trinajstić information content (AvgIpc) is 2.71. The van der Waals surface area contributed by atoms with Crippen molar-refractivity contribution in [3.63, 3.8) is 0 Å². The van der Waals surface area contributed by atoms with E-state index in [-0.39, 0.29) is 12.1 Å². The summed E-state index contributed by atoms with van der Waals surface area (Å²) in [5, 5.41) is 6.20. The fraction of sp³-hybridized carbons (Fsp3) is 0.350. The Balaban J connectivity index is 1.51. The molecule has 1 aliphatic rings. The third kappa shape index (κ3) is 5.60. The number of anilines is 1. The van der Waals surface area contributed by atoms with Crippen molar-refractivity contribution in [2.45, 2.75) is 13.1 Å². The maximum atomic E-state index is 13.7. The van der Waals surface area contributed by atoms with E-state index >= 15 is 0 Å². The molecular formula is C20H24F2N4S. The van der Waals surface area contributed by atoms with Gasteiger partial charge in [-0.1, -0.05) is 12.1 Å². The summed E-state index contributed by atoms with van der Waals surface area (Å²) >= 11 is 2.00. The van der Waals surface area contributed by atoms with Crippen LogP contribution < -0.4 is 15.5 Å². The predicted molar refractivity (Wildman–Crippen MR) is 109 cm³/mol. The van der Waals surface area contributed by atoms with Gasteiger partial charge in [-0.25, -0.2) is 8.78 Å². The molecule has 0 amide bonds. The monoisotopic (exact) mass is 390 g/mol. The largest absolute Gasteiger partial charge is 0.370 e. The molecule has 1 saturated heterocycles. The number of nitrogens with zero attached hydrogens (tertiary/aromatic N) is 2. The Morgan fingerprint density at radius 3 is 2.44 bits per heavy atom. The van der Waals surface area contributed by atoms with E-state index < -0.39 is 11.6 Å². The molecule has 0 unspecified atom stereocenters. The van der Waals surface area contributed by atoms with Gasteiger partial charge in [0.05, 0.1) is 0 Å². The lowest BCUT2D eigenvalue weighted by Gasteiger charge is -2.28. The molecule has 1 aliphatic heterocycles. The number of hydrogen-bond acceptors (Lipinski definition) is 3. The molecule has 144 valence electrons. The van der Waals surface area contributed by atoms with Crippen LogP contribution in [-0.2, 0) is 13.1 Å². The standard InChI is InChI=1S/C20H24F2N4S/c1-23-20(25-14-16-12-17(21)4-7-19(16)22)24-13-15-2-5-18(6-3-15)26-8-10-27-11-9-26/h2-7,12H,8-11,13-14H2,1H3,(H2,23,24,25). The summed E-state index contributed by atoms with van der Waals surface area (Å²) in [6.07, 6.45) is 0. The molecule has 27 heavy (non-hydrogen) atoms. The van der Waals surface area contributed by atoms with Crippen LogP contribution in [0.15, 0.2) is 47.5 Å². The molecule has 0 aliphatic carbocycles. The van der Waals surface area contributed by atoms with E-state index in [1.807, 2.05) is 11.8 Å². The van der Waals surface area contributed by atoms with Crippen LogP contribution in [0.3, 0.4) is 0 Å². The molecule has 1 fully saturated rings. The minimum absolute atomic E-state index is 0.162. The molecule has 0 radical (unpaired) electrons. The fourth-order valence-electron chi connectivity index (χ4n) is 2.91. The lowest BCUT2D eigenvalue weighted by atomic mass is 10.2. The topological polar surface area (TPSA) is 39.7 Å². The number of nitrogens with one attached hydrogen (secondary N) is 2. The van der Waals surface area contributed by atoms with Crippen molar-refractivity contribution < 1.29 is 8.78 Å². The summed E-state index contributed by atoms with van der Waals surface area (Å²) in [4.78, 5) is 6.53. The Hall–Kier alpha value is -2.28. The summed E-state index contributed by atoms with van der Waals surface area (Å²) in [7, 11) is 1.65. The maximum Gasteiger partial charge on any atom is 0.191 e. The maximum absolute atomic E-state index is 13.7. The van der Waals surface area contributed by atoms with Crippen molar-refractivity contribution >= 4 is 23.4 Å².